The molecule has 6 heteroatoms. The van der Waals surface area contributed by atoms with Crippen molar-refractivity contribution in [3.05, 3.63) is 35.4 Å². The summed E-state index contributed by atoms with van der Waals surface area (Å²) in [6.07, 6.45) is 0.109. The average molecular weight is 391 g/mol. The number of benzene rings is 1. The molecule has 0 aliphatic carbocycles. The second kappa shape index (κ2) is 10.8. The predicted molar refractivity (Wildman–Crippen MR) is 116 cm³/mol. The zero-order valence-corrected chi connectivity index (χ0v) is 18.4. The molecule has 0 aromatic heterocycles. The number of methoxy groups -OCH3 is 1. The monoisotopic (exact) mass is 390 g/mol. The van der Waals surface area contributed by atoms with Crippen molar-refractivity contribution in [3.8, 4) is 0 Å². The maximum atomic E-state index is 5.64. The molecule has 1 aliphatic heterocycles. The first-order chi connectivity index (χ1) is 13.3. The van der Waals surface area contributed by atoms with Crippen molar-refractivity contribution < 1.29 is 9.47 Å². The van der Waals surface area contributed by atoms with Crippen LogP contribution in [0, 0.1) is 12.3 Å². The van der Waals surface area contributed by atoms with E-state index in [9.17, 15) is 0 Å². The van der Waals surface area contributed by atoms with Gasteiger partial charge < -0.3 is 20.1 Å². The summed E-state index contributed by atoms with van der Waals surface area (Å²) in [6, 6.07) is 9.11. The largest absolute Gasteiger partial charge is 0.379 e. The van der Waals surface area contributed by atoms with Crippen LogP contribution >= 0.6 is 0 Å². The minimum atomic E-state index is 0.0683. The summed E-state index contributed by atoms with van der Waals surface area (Å²) in [4.78, 5) is 6.88. The molecule has 2 rings (SSSR count). The van der Waals surface area contributed by atoms with Gasteiger partial charge in [0.15, 0.2) is 5.96 Å². The van der Waals surface area contributed by atoms with E-state index in [1.165, 1.54) is 11.1 Å². The highest BCUT2D eigenvalue weighted by molar-refractivity contribution is 5.79. The van der Waals surface area contributed by atoms with Gasteiger partial charge in [-0.3, -0.25) is 9.89 Å². The zero-order chi connectivity index (χ0) is 20.6. The maximum absolute atomic E-state index is 5.64. The molecule has 1 aliphatic rings. The second-order valence-electron chi connectivity index (χ2n) is 8.50. The molecule has 1 saturated heterocycles. The minimum Gasteiger partial charge on any atom is -0.379 e. The van der Waals surface area contributed by atoms with Crippen molar-refractivity contribution in [3.63, 3.8) is 0 Å². The summed E-state index contributed by atoms with van der Waals surface area (Å²) in [5, 5.41) is 6.93. The first-order valence-electron chi connectivity index (χ1n) is 10.2. The molecule has 1 aromatic carbocycles. The van der Waals surface area contributed by atoms with Gasteiger partial charge in [0.25, 0.3) is 0 Å². The topological polar surface area (TPSA) is 58.1 Å². The number of hydrogen-bond acceptors (Lipinski definition) is 4. The van der Waals surface area contributed by atoms with Crippen molar-refractivity contribution in [1.82, 2.24) is 15.5 Å². The van der Waals surface area contributed by atoms with Crippen LogP contribution in [0.4, 0.5) is 0 Å². The van der Waals surface area contributed by atoms with Gasteiger partial charge in [0, 0.05) is 40.3 Å². The number of rotatable bonds is 7. The van der Waals surface area contributed by atoms with E-state index in [2.05, 4.69) is 72.5 Å². The minimum absolute atomic E-state index is 0.0683. The Bertz CT molecular complexity index is 604. The van der Waals surface area contributed by atoms with Crippen molar-refractivity contribution in [2.75, 3.05) is 53.6 Å². The van der Waals surface area contributed by atoms with Gasteiger partial charge in [0.2, 0.25) is 0 Å². The normalized spacial score (nSPS) is 18.6. The quantitative estimate of drug-likeness (QED) is 0.554. The first kappa shape index (κ1) is 22.7. The average Bonchev–Trinajstić information content (AvgIpc) is 2.68. The molecule has 1 aromatic rings. The Kier molecular flexibility index (Phi) is 8.73. The van der Waals surface area contributed by atoms with Crippen LogP contribution in [0.2, 0.25) is 0 Å². The summed E-state index contributed by atoms with van der Waals surface area (Å²) in [5.41, 5.74) is 2.67. The Labute approximate surface area is 170 Å². The first-order valence-corrected chi connectivity index (χ1v) is 10.2. The van der Waals surface area contributed by atoms with Crippen molar-refractivity contribution in [1.29, 1.82) is 0 Å². The van der Waals surface area contributed by atoms with E-state index in [-0.39, 0.29) is 17.6 Å². The lowest BCUT2D eigenvalue weighted by Gasteiger charge is -2.35. The van der Waals surface area contributed by atoms with E-state index < -0.39 is 0 Å². The Morgan fingerprint density at radius 2 is 1.75 bits per heavy atom. The third kappa shape index (κ3) is 6.76. The predicted octanol–water partition coefficient (Wildman–Crippen LogP) is 2.59. The summed E-state index contributed by atoms with van der Waals surface area (Å²) in [7, 11) is 3.57. The number of nitrogens with one attached hydrogen (secondary N) is 2. The van der Waals surface area contributed by atoms with Crippen LogP contribution in [0.5, 0.6) is 0 Å². The number of morpholine rings is 1. The van der Waals surface area contributed by atoms with Crippen LogP contribution in [0.25, 0.3) is 0 Å². The highest BCUT2D eigenvalue weighted by Crippen LogP contribution is 2.22. The molecule has 1 heterocycles. The molecule has 0 saturated carbocycles. The highest BCUT2D eigenvalue weighted by Gasteiger charge is 2.25. The Hall–Kier alpha value is -1.63. The summed E-state index contributed by atoms with van der Waals surface area (Å²) < 4.78 is 11.2. The Morgan fingerprint density at radius 1 is 1.14 bits per heavy atom. The van der Waals surface area contributed by atoms with Gasteiger partial charge in [0.05, 0.1) is 25.4 Å². The van der Waals surface area contributed by atoms with Crippen molar-refractivity contribution in [2.24, 2.45) is 10.4 Å². The lowest BCUT2D eigenvalue weighted by atomic mass is 9.89. The molecule has 1 fully saturated rings. The third-order valence-corrected chi connectivity index (χ3v) is 5.34. The van der Waals surface area contributed by atoms with Gasteiger partial charge in [0.1, 0.15) is 0 Å². The molecule has 0 radical (unpaired) electrons. The lowest BCUT2D eigenvalue weighted by Crippen LogP contribution is -2.48. The number of nitrogens with zero attached hydrogens (tertiary/aromatic N) is 2. The number of hydrogen-bond donors (Lipinski definition) is 2. The zero-order valence-electron chi connectivity index (χ0n) is 18.4. The number of guanidine groups is 1. The molecule has 0 spiro atoms. The molecule has 2 N–H and O–H groups in total. The SMILES string of the molecule is CN=C(NCC(c1ccc(C)cc1)N1CCOCC1)NCC(OC)C(C)(C)C. The summed E-state index contributed by atoms with van der Waals surface area (Å²) >= 11 is 0. The fourth-order valence-corrected chi connectivity index (χ4v) is 3.48. The van der Waals surface area contributed by atoms with Crippen LogP contribution in [-0.2, 0) is 9.47 Å². The van der Waals surface area contributed by atoms with Crippen LogP contribution < -0.4 is 10.6 Å². The van der Waals surface area contributed by atoms with Gasteiger partial charge in [-0.15, -0.1) is 0 Å². The number of aliphatic imine (C=N–C) groups is 1. The van der Waals surface area contributed by atoms with Gasteiger partial charge in [-0.1, -0.05) is 50.6 Å². The standard InChI is InChI=1S/C22H38N4O2/c1-17-7-9-18(10-8-17)19(26-11-13-28-14-12-26)15-24-21(23-5)25-16-20(27-6)22(2,3)4/h7-10,19-20H,11-16H2,1-6H3,(H2,23,24,25). The molecule has 28 heavy (non-hydrogen) atoms. The van der Waals surface area contributed by atoms with Gasteiger partial charge in [-0.2, -0.15) is 0 Å². The fourth-order valence-electron chi connectivity index (χ4n) is 3.48. The number of ether oxygens (including phenoxy) is 2. The van der Waals surface area contributed by atoms with E-state index in [0.29, 0.717) is 6.54 Å². The van der Waals surface area contributed by atoms with E-state index in [0.717, 1.165) is 38.8 Å². The summed E-state index contributed by atoms with van der Waals surface area (Å²) in [6.45, 7) is 13.7. The molecule has 2 atom stereocenters. The smallest absolute Gasteiger partial charge is 0.191 e. The van der Waals surface area contributed by atoms with Gasteiger partial charge >= 0.3 is 0 Å². The van der Waals surface area contributed by atoms with E-state index in [1.54, 1.807) is 7.11 Å². The van der Waals surface area contributed by atoms with Crippen molar-refractivity contribution in [2.45, 2.75) is 39.8 Å². The Balaban J connectivity index is 2.01. The molecule has 2 unspecified atom stereocenters. The van der Waals surface area contributed by atoms with Crippen LogP contribution in [0.15, 0.2) is 29.3 Å². The van der Waals surface area contributed by atoms with Gasteiger partial charge in [-0.25, -0.2) is 0 Å². The number of aryl methyl sites for hydroxylation is 1. The van der Waals surface area contributed by atoms with Crippen LogP contribution in [0.3, 0.4) is 0 Å². The third-order valence-electron chi connectivity index (χ3n) is 5.34. The Morgan fingerprint density at radius 3 is 2.29 bits per heavy atom. The lowest BCUT2D eigenvalue weighted by molar-refractivity contribution is 0.0165. The molecule has 158 valence electrons. The molecule has 6 nitrogen and oxygen atoms in total. The fraction of sp³-hybridized carbons (Fsp3) is 0.682. The van der Waals surface area contributed by atoms with E-state index in [1.807, 2.05) is 7.05 Å². The second-order valence-corrected chi connectivity index (χ2v) is 8.50. The van der Waals surface area contributed by atoms with Crippen molar-refractivity contribution >= 4 is 5.96 Å². The van der Waals surface area contributed by atoms with Gasteiger partial charge in [-0.05, 0) is 17.9 Å². The van der Waals surface area contributed by atoms with E-state index >= 15 is 0 Å². The summed E-state index contributed by atoms with van der Waals surface area (Å²) in [5.74, 6) is 0.802. The van der Waals surface area contributed by atoms with E-state index in [4.69, 9.17) is 9.47 Å². The van der Waals surface area contributed by atoms with Crippen LogP contribution in [-0.4, -0.2) is 70.5 Å². The molecular weight excluding hydrogens is 352 g/mol. The maximum Gasteiger partial charge on any atom is 0.191 e. The van der Waals surface area contributed by atoms with Crippen LogP contribution in [0.1, 0.15) is 37.9 Å². The molecule has 0 amide bonds. The molecule has 0 bridgehead atoms. The highest BCUT2D eigenvalue weighted by atomic mass is 16.5. The molecular formula is C22H38N4O2.